The van der Waals surface area contributed by atoms with Crippen LogP contribution in [0.25, 0.3) is 0 Å². The highest BCUT2D eigenvalue weighted by Gasteiger charge is 2.40. The molecule has 0 saturated carbocycles. The van der Waals surface area contributed by atoms with Gasteiger partial charge in [-0.2, -0.15) is 13.2 Å². The van der Waals surface area contributed by atoms with E-state index in [1.54, 1.807) is 25.1 Å². The maximum absolute atomic E-state index is 12.8. The summed E-state index contributed by atoms with van der Waals surface area (Å²) in [5, 5.41) is 9.32. The van der Waals surface area contributed by atoms with Crippen molar-refractivity contribution in [1.82, 2.24) is 4.90 Å². The van der Waals surface area contributed by atoms with Crippen LogP contribution in [-0.2, 0) is 17.5 Å². The molecule has 0 spiro atoms. The Morgan fingerprint density at radius 1 is 1.19 bits per heavy atom. The second-order valence-electron chi connectivity index (χ2n) is 7.10. The highest BCUT2D eigenvalue weighted by molar-refractivity contribution is 5.74. The molecule has 0 bridgehead atoms. The smallest absolute Gasteiger partial charge is 0.416 e. The lowest BCUT2D eigenvalue weighted by Crippen LogP contribution is -2.31. The van der Waals surface area contributed by atoms with Crippen LogP contribution in [0, 0.1) is 5.41 Å². The monoisotopic (exact) mass is 379 g/mol. The van der Waals surface area contributed by atoms with Crippen molar-refractivity contribution in [2.75, 3.05) is 13.1 Å². The summed E-state index contributed by atoms with van der Waals surface area (Å²) in [5.74, 6) is -0.250. The average Bonchev–Trinajstić information content (AvgIpc) is 2.97. The van der Waals surface area contributed by atoms with Crippen LogP contribution < -0.4 is 4.74 Å². The Morgan fingerprint density at radius 2 is 1.85 bits per heavy atom. The van der Waals surface area contributed by atoms with Gasteiger partial charge in [-0.05, 0) is 55.8 Å². The molecule has 0 radical (unpaired) electrons. The number of carboxylic acid groups (broad SMARTS) is 1. The molecule has 1 heterocycles. The third-order valence-corrected chi connectivity index (χ3v) is 4.77. The lowest BCUT2D eigenvalue weighted by Gasteiger charge is -2.20. The van der Waals surface area contributed by atoms with Gasteiger partial charge in [0.25, 0.3) is 0 Å². The van der Waals surface area contributed by atoms with E-state index in [2.05, 4.69) is 4.90 Å². The fraction of sp³-hybridized carbons (Fsp3) is 0.350. The lowest BCUT2D eigenvalue weighted by atomic mass is 9.90. The lowest BCUT2D eigenvalue weighted by molar-refractivity contribution is -0.147. The van der Waals surface area contributed by atoms with Gasteiger partial charge in [0.05, 0.1) is 11.0 Å². The minimum absolute atomic E-state index is 0.113. The number of alkyl halides is 3. The predicted octanol–water partition coefficient (Wildman–Crippen LogP) is 4.79. The molecule has 1 aliphatic heterocycles. The predicted molar refractivity (Wildman–Crippen MR) is 93.6 cm³/mol. The van der Waals surface area contributed by atoms with Crippen molar-refractivity contribution >= 4 is 5.97 Å². The maximum Gasteiger partial charge on any atom is 0.416 e. The van der Waals surface area contributed by atoms with E-state index in [-0.39, 0.29) is 5.75 Å². The number of benzene rings is 2. The van der Waals surface area contributed by atoms with E-state index in [1.165, 1.54) is 12.1 Å². The van der Waals surface area contributed by atoms with Gasteiger partial charge < -0.3 is 9.84 Å². The number of halogens is 3. The molecule has 2 aromatic carbocycles. The number of hydrogen-bond donors (Lipinski definition) is 1. The van der Waals surface area contributed by atoms with Crippen molar-refractivity contribution in [2.45, 2.75) is 26.1 Å². The molecule has 7 heteroatoms. The van der Waals surface area contributed by atoms with Gasteiger partial charge in [-0.15, -0.1) is 0 Å². The summed E-state index contributed by atoms with van der Waals surface area (Å²) in [7, 11) is 0. The molecule has 4 nitrogen and oxygen atoms in total. The third kappa shape index (κ3) is 4.60. The van der Waals surface area contributed by atoms with Gasteiger partial charge in [0.1, 0.15) is 11.5 Å². The Labute approximate surface area is 155 Å². The van der Waals surface area contributed by atoms with Crippen molar-refractivity contribution in [1.29, 1.82) is 0 Å². The normalized spacial score (nSPS) is 20.6. The standard InChI is InChI=1S/C20H20F3NO3/c1-19(18(25)26)8-9-24(13-19)12-14-4-2-6-16(10-14)27-17-7-3-5-15(11-17)20(21,22)23/h2-7,10-11H,8-9,12-13H2,1H3,(H,25,26). The maximum atomic E-state index is 12.8. The zero-order chi connectivity index (χ0) is 19.7. The molecule has 1 unspecified atom stereocenters. The Hall–Kier alpha value is -2.54. The number of ether oxygens (including phenoxy) is 1. The zero-order valence-corrected chi connectivity index (χ0v) is 14.8. The van der Waals surface area contributed by atoms with Gasteiger partial charge in [-0.25, -0.2) is 0 Å². The van der Waals surface area contributed by atoms with Crippen LogP contribution in [0.3, 0.4) is 0 Å². The van der Waals surface area contributed by atoms with Gasteiger partial charge in [-0.1, -0.05) is 18.2 Å². The van der Waals surface area contributed by atoms with Crippen LogP contribution in [0.5, 0.6) is 11.5 Å². The van der Waals surface area contributed by atoms with Gasteiger partial charge in [-0.3, -0.25) is 9.69 Å². The number of hydrogen-bond acceptors (Lipinski definition) is 3. The highest BCUT2D eigenvalue weighted by Crippen LogP contribution is 2.34. The van der Waals surface area contributed by atoms with E-state index >= 15 is 0 Å². The third-order valence-electron chi connectivity index (χ3n) is 4.77. The Kier molecular flexibility index (Phi) is 5.15. The summed E-state index contributed by atoms with van der Waals surface area (Å²) in [5.41, 5.74) is -0.595. The molecule has 0 aromatic heterocycles. The summed E-state index contributed by atoms with van der Waals surface area (Å²) in [6, 6.07) is 11.8. The Morgan fingerprint density at radius 3 is 2.48 bits per heavy atom. The van der Waals surface area contributed by atoms with E-state index in [4.69, 9.17) is 4.74 Å². The molecule has 1 saturated heterocycles. The minimum Gasteiger partial charge on any atom is -0.481 e. The fourth-order valence-electron chi connectivity index (χ4n) is 3.20. The Bertz CT molecular complexity index is 837. The largest absolute Gasteiger partial charge is 0.481 e. The molecule has 1 aliphatic rings. The molecule has 3 rings (SSSR count). The van der Waals surface area contributed by atoms with Gasteiger partial charge in [0.15, 0.2) is 0 Å². The van der Waals surface area contributed by atoms with Gasteiger partial charge in [0.2, 0.25) is 0 Å². The number of rotatable bonds is 5. The summed E-state index contributed by atoms with van der Waals surface area (Å²) in [6.45, 7) is 3.44. The first kappa shape index (κ1) is 19.2. The second kappa shape index (κ2) is 7.23. The van der Waals surface area contributed by atoms with E-state index in [1.807, 2.05) is 6.07 Å². The topological polar surface area (TPSA) is 49.8 Å². The number of nitrogens with zero attached hydrogens (tertiary/aromatic N) is 1. The molecule has 1 N–H and O–H groups in total. The van der Waals surface area contributed by atoms with E-state index in [0.29, 0.717) is 31.8 Å². The van der Waals surface area contributed by atoms with Crippen molar-refractivity contribution in [3.05, 3.63) is 59.7 Å². The molecule has 144 valence electrons. The Balaban J connectivity index is 1.69. The summed E-state index contributed by atoms with van der Waals surface area (Å²) < 4.78 is 44.0. The molecular weight excluding hydrogens is 359 g/mol. The van der Waals surface area contributed by atoms with Crippen LogP contribution >= 0.6 is 0 Å². The second-order valence-corrected chi connectivity index (χ2v) is 7.10. The summed E-state index contributed by atoms with van der Waals surface area (Å²) in [4.78, 5) is 13.4. The van der Waals surface area contributed by atoms with Crippen LogP contribution in [0.15, 0.2) is 48.5 Å². The van der Waals surface area contributed by atoms with Gasteiger partial charge in [0, 0.05) is 13.1 Å². The molecule has 2 aromatic rings. The van der Waals surface area contributed by atoms with E-state index < -0.39 is 23.1 Å². The van der Waals surface area contributed by atoms with Crippen molar-refractivity contribution in [2.24, 2.45) is 5.41 Å². The van der Waals surface area contributed by atoms with E-state index in [0.717, 1.165) is 17.7 Å². The van der Waals surface area contributed by atoms with Crippen molar-refractivity contribution in [3.63, 3.8) is 0 Å². The fourth-order valence-corrected chi connectivity index (χ4v) is 3.20. The number of aliphatic carboxylic acids is 1. The van der Waals surface area contributed by atoms with E-state index in [9.17, 15) is 23.1 Å². The molecule has 0 amide bonds. The van der Waals surface area contributed by atoms with Crippen LogP contribution in [0.1, 0.15) is 24.5 Å². The minimum atomic E-state index is -4.42. The highest BCUT2D eigenvalue weighted by atomic mass is 19.4. The van der Waals surface area contributed by atoms with Gasteiger partial charge >= 0.3 is 12.1 Å². The first-order valence-corrected chi connectivity index (χ1v) is 8.56. The molecule has 1 fully saturated rings. The molecular formula is C20H20F3NO3. The van der Waals surface area contributed by atoms with Crippen molar-refractivity contribution in [3.8, 4) is 11.5 Å². The number of likely N-dealkylation sites (tertiary alicyclic amines) is 1. The van der Waals surface area contributed by atoms with Crippen molar-refractivity contribution < 1.29 is 27.8 Å². The quantitative estimate of drug-likeness (QED) is 0.811. The first-order chi connectivity index (χ1) is 12.7. The molecule has 1 atom stereocenters. The number of carboxylic acids is 1. The zero-order valence-electron chi connectivity index (χ0n) is 14.8. The summed E-state index contributed by atoms with van der Waals surface area (Å²) >= 11 is 0. The molecule has 0 aliphatic carbocycles. The average molecular weight is 379 g/mol. The number of carbonyl (C=O) groups is 1. The van der Waals surface area contributed by atoms with Crippen LogP contribution in [0.2, 0.25) is 0 Å². The first-order valence-electron chi connectivity index (χ1n) is 8.56. The van der Waals surface area contributed by atoms with Crippen LogP contribution in [-0.4, -0.2) is 29.1 Å². The SMILES string of the molecule is CC1(C(=O)O)CCN(Cc2cccc(Oc3cccc(C(F)(F)F)c3)c2)C1. The van der Waals surface area contributed by atoms with Crippen LogP contribution in [0.4, 0.5) is 13.2 Å². The molecule has 27 heavy (non-hydrogen) atoms. The summed E-state index contributed by atoms with van der Waals surface area (Å²) in [6.07, 6.45) is -3.84.